The molecule has 0 fully saturated rings. The summed E-state index contributed by atoms with van der Waals surface area (Å²) in [5, 5.41) is 0. The Balaban J connectivity index is -0.000000245. The third-order valence-corrected chi connectivity index (χ3v) is 7.12. The van der Waals surface area contributed by atoms with Crippen LogP contribution < -0.4 is 0 Å². The summed E-state index contributed by atoms with van der Waals surface area (Å²) in [4.78, 5) is 21.7. The van der Waals surface area contributed by atoms with Gasteiger partial charge in [-0.1, -0.05) is 209 Å². The van der Waals surface area contributed by atoms with E-state index in [1.165, 1.54) is 154 Å². The Morgan fingerprint density at radius 1 is 0.364 bits per heavy atom. The second kappa shape index (κ2) is 45.8. The van der Waals surface area contributed by atoms with E-state index in [9.17, 15) is 9.59 Å². The number of carbonyl (C=O) groups is 2. The predicted molar refractivity (Wildman–Crippen MR) is 196 cm³/mol. The van der Waals surface area contributed by atoms with Crippen molar-refractivity contribution in [3.8, 4) is 0 Å². The van der Waals surface area contributed by atoms with Crippen LogP contribution in [0.3, 0.4) is 0 Å². The Kier molecular flexibility index (Phi) is 51.4. The van der Waals surface area contributed by atoms with Crippen LogP contribution in [-0.4, -0.2) is 25.2 Å². The topological polar surface area (TPSA) is 52.6 Å². The number of hydrogen-bond donors (Lipinski definition) is 0. The molecule has 0 aromatic heterocycles. The normalized spacial score (nSPS) is 9.82. The molecule has 0 saturated heterocycles. The van der Waals surface area contributed by atoms with Crippen LogP contribution in [0.1, 0.15) is 209 Å². The molecule has 4 nitrogen and oxygen atoms in total. The van der Waals surface area contributed by atoms with Gasteiger partial charge in [0.25, 0.3) is 0 Å². The van der Waals surface area contributed by atoms with Crippen molar-refractivity contribution in [1.29, 1.82) is 0 Å². The van der Waals surface area contributed by atoms with Gasteiger partial charge in [0.1, 0.15) is 13.2 Å². The van der Waals surface area contributed by atoms with Gasteiger partial charge in [-0.3, -0.25) is 0 Å². The van der Waals surface area contributed by atoms with Gasteiger partial charge in [0.15, 0.2) is 0 Å². The Morgan fingerprint density at radius 2 is 0.523 bits per heavy atom. The molecule has 0 aliphatic carbocycles. The first-order chi connectivity index (χ1) is 21.2. The van der Waals surface area contributed by atoms with Crippen LogP contribution >= 0.6 is 0 Å². The molecule has 0 aliphatic heterocycles. The summed E-state index contributed by atoms with van der Waals surface area (Å²) < 4.78 is 9.38. The van der Waals surface area contributed by atoms with Crippen LogP contribution in [0.15, 0.2) is 24.3 Å². The lowest BCUT2D eigenvalue weighted by molar-refractivity contribution is -0.147. The molecule has 0 aromatic rings. The number of rotatable bonds is 26. The van der Waals surface area contributed by atoms with Gasteiger partial charge in [0, 0.05) is 11.1 Å². The lowest BCUT2D eigenvalue weighted by Crippen LogP contribution is -2.14. The highest BCUT2D eigenvalue weighted by atomic mass is 16.6. The quantitative estimate of drug-likeness (QED) is 0.0546. The van der Waals surface area contributed by atoms with Crippen molar-refractivity contribution < 1.29 is 19.1 Å². The summed E-state index contributed by atoms with van der Waals surface area (Å²) >= 11 is 0. The zero-order chi connectivity index (χ0) is 34.1. The molecule has 44 heavy (non-hydrogen) atoms. The highest BCUT2D eigenvalue weighted by Gasteiger charge is 2.05. The maximum absolute atomic E-state index is 10.8. The standard InChI is InChI=1S/C10H14O4.3C10H22/c1-7(2)9(11)13-5-6-14-10(12)8(3)4;3*1-3-5-7-9-10-8-6-4-2/h1,3,5-6H2,2,4H3;3*3-10H2,1-2H3. The molecule has 264 valence electrons. The lowest BCUT2D eigenvalue weighted by atomic mass is 10.1. The fourth-order valence-electron chi connectivity index (χ4n) is 4.14. The molecule has 0 heterocycles. The molecule has 4 heteroatoms. The minimum atomic E-state index is -0.489. The number of esters is 2. The van der Waals surface area contributed by atoms with Crippen LogP contribution in [0.4, 0.5) is 0 Å². The molecule has 0 atom stereocenters. The molecular formula is C40H80O4. The van der Waals surface area contributed by atoms with Crippen molar-refractivity contribution in [2.24, 2.45) is 0 Å². The van der Waals surface area contributed by atoms with E-state index in [1.54, 1.807) is 13.8 Å². The van der Waals surface area contributed by atoms with Gasteiger partial charge >= 0.3 is 11.9 Å². The minimum absolute atomic E-state index is 0.0325. The molecule has 0 amide bonds. The predicted octanol–water partition coefficient (Wildman–Crippen LogP) is 13.7. The molecule has 0 aliphatic rings. The summed E-state index contributed by atoms with van der Waals surface area (Å²) in [6.45, 7) is 23.6. The summed E-state index contributed by atoms with van der Waals surface area (Å²) in [5.41, 5.74) is 0.632. The van der Waals surface area contributed by atoms with Crippen molar-refractivity contribution in [1.82, 2.24) is 0 Å². The van der Waals surface area contributed by atoms with Crippen LogP contribution in [0.2, 0.25) is 0 Å². The minimum Gasteiger partial charge on any atom is -0.459 e. The maximum atomic E-state index is 10.8. The third kappa shape index (κ3) is 53.0. The SMILES string of the molecule is C=C(C)C(=O)OCCOC(=O)C(=C)C.CCCCCCCCCC.CCCCCCCCCC.CCCCCCCCCC. The number of hydrogen-bond acceptors (Lipinski definition) is 4. The molecule has 0 spiro atoms. The van der Waals surface area contributed by atoms with E-state index in [0.29, 0.717) is 11.1 Å². The average molecular weight is 625 g/mol. The largest absolute Gasteiger partial charge is 0.459 e. The highest BCUT2D eigenvalue weighted by molar-refractivity contribution is 5.87. The van der Waals surface area contributed by atoms with Gasteiger partial charge in [-0.2, -0.15) is 0 Å². The van der Waals surface area contributed by atoms with Crippen LogP contribution in [0.25, 0.3) is 0 Å². The summed E-state index contributed by atoms with van der Waals surface area (Å²) in [7, 11) is 0. The van der Waals surface area contributed by atoms with Crippen LogP contribution in [0, 0.1) is 0 Å². The zero-order valence-electron chi connectivity index (χ0n) is 31.4. The average Bonchev–Trinajstić information content (AvgIpc) is 3.01. The van der Waals surface area contributed by atoms with Crippen LogP contribution in [0.5, 0.6) is 0 Å². The second-order valence-electron chi connectivity index (χ2n) is 12.2. The van der Waals surface area contributed by atoms with Gasteiger partial charge in [0.2, 0.25) is 0 Å². The molecule has 0 aromatic carbocycles. The third-order valence-electron chi connectivity index (χ3n) is 7.12. The summed E-state index contributed by atoms with van der Waals surface area (Å²) in [6, 6.07) is 0. The molecule has 0 saturated carbocycles. The molecule has 0 unspecified atom stereocenters. The van der Waals surface area contributed by atoms with Crippen molar-refractivity contribution in [2.45, 2.75) is 209 Å². The van der Waals surface area contributed by atoms with E-state index < -0.39 is 11.9 Å². The Hall–Kier alpha value is -1.58. The van der Waals surface area contributed by atoms with Crippen molar-refractivity contribution in [3.63, 3.8) is 0 Å². The van der Waals surface area contributed by atoms with Gasteiger partial charge in [0.05, 0.1) is 0 Å². The van der Waals surface area contributed by atoms with E-state index in [-0.39, 0.29) is 13.2 Å². The Bertz CT molecular complexity index is 506. The van der Waals surface area contributed by atoms with Gasteiger partial charge in [-0.25, -0.2) is 9.59 Å². The Morgan fingerprint density at radius 3 is 0.659 bits per heavy atom. The van der Waals surface area contributed by atoms with E-state index >= 15 is 0 Å². The van der Waals surface area contributed by atoms with Gasteiger partial charge < -0.3 is 9.47 Å². The fraction of sp³-hybridized carbons (Fsp3) is 0.850. The Labute approximate surface area is 277 Å². The molecular weight excluding hydrogens is 544 g/mol. The van der Waals surface area contributed by atoms with E-state index in [4.69, 9.17) is 0 Å². The molecule has 0 N–H and O–H groups in total. The first-order valence-electron chi connectivity index (χ1n) is 18.8. The van der Waals surface area contributed by atoms with Crippen molar-refractivity contribution in [3.05, 3.63) is 24.3 Å². The summed E-state index contributed by atoms with van der Waals surface area (Å²) in [6.07, 6.45) is 34.4. The molecule has 0 rings (SSSR count). The second-order valence-corrected chi connectivity index (χ2v) is 12.2. The van der Waals surface area contributed by atoms with Gasteiger partial charge in [-0.05, 0) is 13.8 Å². The summed E-state index contributed by atoms with van der Waals surface area (Å²) in [5.74, 6) is -0.979. The lowest BCUT2D eigenvalue weighted by Gasteiger charge is -2.05. The van der Waals surface area contributed by atoms with Crippen molar-refractivity contribution >= 4 is 11.9 Å². The monoisotopic (exact) mass is 625 g/mol. The highest BCUT2D eigenvalue weighted by Crippen LogP contribution is 2.09. The number of unbranched alkanes of at least 4 members (excludes halogenated alkanes) is 21. The van der Waals surface area contributed by atoms with E-state index in [2.05, 4.69) is 64.2 Å². The smallest absolute Gasteiger partial charge is 0.333 e. The van der Waals surface area contributed by atoms with Crippen LogP contribution in [-0.2, 0) is 19.1 Å². The molecule has 0 bridgehead atoms. The maximum Gasteiger partial charge on any atom is 0.333 e. The first-order valence-corrected chi connectivity index (χ1v) is 18.8. The zero-order valence-corrected chi connectivity index (χ0v) is 31.4. The molecule has 0 radical (unpaired) electrons. The van der Waals surface area contributed by atoms with E-state index in [0.717, 1.165) is 0 Å². The van der Waals surface area contributed by atoms with Crippen molar-refractivity contribution in [2.75, 3.05) is 13.2 Å². The van der Waals surface area contributed by atoms with Gasteiger partial charge in [-0.15, -0.1) is 0 Å². The first kappa shape index (κ1) is 49.3. The fourth-order valence-corrected chi connectivity index (χ4v) is 4.14. The van der Waals surface area contributed by atoms with E-state index in [1.807, 2.05) is 0 Å². The number of ether oxygens (including phenoxy) is 2. The number of carbonyl (C=O) groups excluding carboxylic acids is 2.